The molecule has 0 saturated heterocycles. The fraction of sp³-hybridized carbons (Fsp3) is 0.267. The van der Waals surface area contributed by atoms with E-state index in [0.717, 1.165) is 5.56 Å². The molecule has 3 rings (SSSR count). The van der Waals surface area contributed by atoms with Crippen LogP contribution >= 0.6 is 11.3 Å². The number of aromatic nitrogens is 3. The van der Waals surface area contributed by atoms with Crippen LogP contribution in [0.5, 0.6) is 5.75 Å². The number of methoxy groups -OCH3 is 1. The third-order valence-corrected chi connectivity index (χ3v) is 4.23. The number of anilines is 1. The molecule has 8 heteroatoms. The summed E-state index contributed by atoms with van der Waals surface area (Å²) in [6, 6.07) is 6.02. The molecule has 23 heavy (non-hydrogen) atoms. The Morgan fingerprint density at radius 2 is 2.17 bits per heavy atom. The predicted molar refractivity (Wildman–Crippen MR) is 86.9 cm³/mol. The summed E-state index contributed by atoms with van der Waals surface area (Å²) in [7, 11) is 1.42. The molecule has 3 aromatic rings. The topological polar surface area (TPSA) is 68.5 Å². The second-order valence-electron chi connectivity index (χ2n) is 5.10. The van der Waals surface area contributed by atoms with Crippen LogP contribution in [0.3, 0.4) is 0 Å². The van der Waals surface area contributed by atoms with E-state index in [2.05, 4.69) is 15.4 Å². The van der Waals surface area contributed by atoms with E-state index in [9.17, 15) is 9.18 Å². The highest BCUT2D eigenvalue weighted by Crippen LogP contribution is 2.26. The second kappa shape index (κ2) is 5.96. The maximum atomic E-state index is 13.8. The summed E-state index contributed by atoms with van der Waals surface area (Å²) < 4.78 is 20.0. The van der Waals surface area contributed by atoms with Crippen molar-refractivity contribution >= 4 is 21.4 Å². The van der Waals surface area contributed by atoms with Crippen LogP contribution in [0.2, 0.25) is 0 Å². The minimum Gasteiger partial charge on any atom is -0.494 e. The molecular weight excluding hydrogens is 319 g/mol. The summed E-state index contributed by atoms with van der Waals surface area (Å²) in [6.45, 7) is 3.64. The van der Waals surface area contributed by atoms with Crippen molar-refractivity contribution in [3.8, 4) is 5.75 Å². The summed E-state index contributed by atoms with van der Waals surface area (Å²) in [5, 5.41) is 7.91. The van der Waals surface area contributed by atoms with Crippen molar-refractivity contribution in [3.05, 3.63) is 51.7 Å². The zero-order chi connectivity index (χ0) is 16.6. The molecule has 0 spiro atoms. The SMILES string of the molecule is COc1ccc(C(C)Nc2nn3c(=O)cc(C)nc3s2)cc1F. The lowest BCUT2D eigenvalue weighted by atomic mass is 10.1. The van der Waals surface area contributed by atoms with Gasteiger partial charge in [0.1, 0.15) is 0 Å². The van der Waals surface area contributed by atoms with E-state index in [1.54, 1.807) is 19.1 Å². The summed E-state index contributed by atoms with van der Waals surface area (Å²) in [5.41, 5.74) is 1.18. The number of aryl methyl sites for hydroxylation is 1. The lowest BCUT2D eigenvalue weighted by molar-refractivity contribution is 0.386. The van der Waals surface area contributed by atoms with Gasteiger partial charge < -0.3 is 10.1 Å². The monoisotopic (exact) mass is 334 g/mol. The van der Waals surface area contributed by atoms with Crippen LogP contribution in [0.15, 0.2) is 29.1 Å². The molecule has 0 bridgehead atoms. The first-order valence-corrected chi connectivity index (χ1v) is 7.77. The molecule has 0 amide bonds. The average molecular weight is 334 g/mol. The van der Waals surface area contributed by atoms with Crippen molar-refractivity contribution < 1.29 is 9.13 Å². The Morgan fingerprint density at radius 3 is 2.87 bits per heavy atom. The number of benzene rings is 1. The van der Waals surface area contributed by atoms with Crippen LogP contribution in [0.1, 0.15) is 24.2 Å². The molecular formula is C15H15FN4O2S. The minimum atomic E-state index is -0.420. The zero-order valence-electron chi connectivity index (χ0n) is 12.8. The lowest BCUT2D eigenvalue weighted by Crippen LogP contribution is -2.15. The number of nitrogens with zero attached hydrogens (tertiary/aromatic N) is 3. The Balaban J connectivity index is 1.88. The molecule has 1 aromatic carbocycles. The number of halogens is 1. The highest BCUT2D eigenvalue weighted by molar-refractivity contribution is 7.20. The third kappa shape index (κ3) is 3.02. The summed E-state index contributed by atoms with van der Waals surface area (Å²) >= 11 is 1.27. The maximum absolute atomic E-state index is 13.8. The Bertz CT molecular complexity index is 921. The van der Waals surface area contributed by atoms with E-state index in [1.807, 2.05) is 6.92 Å². The second-order valence-corrected chi connectivity index (χ2v) is 6.05. The van der Waals surface area contributed by atoms with Gasteiger partial charge in [-0.2, -0.15) is 4.52 Å². The van der Waals surface area contributed by atoms with E-state index in [-0.39, 0.29) is 17.4 Å². The molecule has 0 aliphatic rings. The summed E-state index contributed by atoms with van der Waals surface area (Å²) in [6.07, 6.45) is 0. The molecule has 0 saturated carbocycles. The molecule has 120 valence electrons. The van der Waals surface area contributed by atoms with Crippen molar-refractivity contribution in [2.45, 2.75) is 19.9 Å². The molecule has 0 aliphatic carbocycles. The van der Waals surface area contributed by atoms with Gasteiger partial charge in [-0.05, 0) is 31.5 Å². The van der Waals surface area contributed by atoms with Crippen molar-refractivity contribution in [1.29, 1.82) is 0 Å². The number of hydrogen-bond donors (Lipinski definition) is 1. The first-order valence-electron chi connectivity index (χ1n) is 6.95. The van der Waals surface area contributed by atoms with Gasteiger partial charge in [-0.3, -0.25) is 4.79 Å². The van der Waals surface area contributed by atoms with E-state index >= 15 is 0 Å². The molecule has 2 aromatic heterocycles. The normalized spacial score (nSPS) is 12.3. The summed E-state index contributed by atoms with van der Waals surface area (Å²) in [4.78, 5) is 16.7. The molecule has 0 radical (unpaired) electrons. The van der Waals surface area contributed by atoms with Gasteiger partial charge in [-0.1, -0.05) is 17.4 Å². The van der Waals surface area contributed by atoms with Gasteiger partial charge in [0.2, 0.25) is 10.1 Å². The van der Waals surface area contributed by atoms with Gasteiger partial charge in [0.15, 0.2) is 11.6 Å². The first kappa shape index (κ1) is 15.4. The fourth-order valence-corrected chi connectivity index (χ4v) is 3.14. The van der Waals surface area contributed by atoms with E-state index < -0.39 is 5.82 Å². The maximum Gasteiger partial charge on any atom is 0.275 e. The molecule has 0 aliphatic heterocycles. The number of fused-ring (bicyclic) bond motifs is 1. The van der Waals surface area contributed by atoms with Crippen molar-refractivity contribution in [2.24, 2.45) is 0 Å². The van der Waals surface area contributed by atoms with Gasteiger partial charge in [0.05, 0.1) is 13.2 Å². The van der Waals surface area contributed by atoms with Gasteiger partial charge in [-0.25, -0.2) is 9.37 Å². The highest BCUT2D eigenvalue weighted by Gasteiger charge is 2.13. The molecule has 0 fully saturated rings. The van der Waals surface area contributed by atoms with Crippen LogP contribution in [-0.2, 0) is 0 Å². The van der Waals surface area contributed by atoms with E-state index in [1.165, 1.54) is 35.1 Å². The van der Waals surface area contributed by atoms with Gasteiger partial charge >= 0.3 is 0 Å². The zero-order valence-corrected chi connectivity index (χ0v) is 13.6. The van der Waals surface area contributed by atoms with E-state index in [0.29, 0.717) is 15.8 Å². The van der Waals surface area contributed by atoms with Crippen molar-refractivity contribution in [2.75, 3.05) is 12.4 Å². The van der Waals surface area contributed by atoms with Crippen molar-refractivity contribution in [1.82, 2.24) is 14.6 Å². The van der Waals surface area contributed by atoms with Gasteiger partial charge in [0, 0.05) is 11.8 Å². The molecule has 1 N–H and O–H groups in total. The van der Waals surface area contributed by atoms with Crippen LogP contribution in [-0.4, -0.2) is 21.7 Å². The van der Waals surface area contributed by atoms with Crippen molar-refractivity contribution in [3.63, 3.8) is 0 Å². The van der Waals surface area contributed by atoms with Crippen LogP contribution in [0, 0.1) is 12.7 Å². The van der Waals surface area contributed by atoms with Crippen LogP contribution in [0.4, 0.5) is 9.52 Å². The predicted octanol–water partition coefficient (Wildman–Crippen LogP) is 2.78. The molecule has 2 heterocycles. The smallest absolute Gasteiger partial charge is 0.275 e. The number of nitrogens with one attached hydrogen (secondary N) is 1. The summed E-state index contributed by atoms with van der Waals surface area (Å²) in [5.74, 6) is -0.219. The third-order valence-electron chi connectivity index (χ3n) is 3.39. The first-order chi connectivity index (χ1) is 11.0. The Labute approximate surface area is 135 Å². The highest BCUT2D eigenvalue weighted by atomic mass is 32.1. The largest absolute Gasteiger partial charge is 0.494 e. The Morgan fingerprint density at radius 1 is 1.39 bits per heavy atom. The lowest BCUT2D eigenvalue weighted by Gasteiger charge is -2.13. The molecule has 1 atom stereocenters. The number of rotatable bonds is 4. The minimum absolute atomic E-state index is 0.187. The standard InChI is InChI=1S/C15H15FN4O2S/c1-8-6-13(21)20-15(17-8)23-14(19-20)18-9(2)10-4-5-12(22-3)11(16)7-10/h4-7,9H,1-3H3,(H,18,19). The van der Waals surface area contributed by atoms with Gasteiger partial charge in [-0.15, -0.1) is 5.10 Å². The molecule has 6 nitrogen and oxygen atoms in total. The number of hydrogen-bond acceptors (Lipinski definition) is 6. The Kier molecular flexibility index (Phi) is 3.99. The van der Waals surface area contributed by atoms with Crippen LogP contribution in [0.25, 0.3) is 4.96 Å². The fourth-order valence-electron chi connectivity index (χ4n) is 2.20. The number of ether oxygens (including phenoxy) is 1. The van der Waals surface area contributed by atoms with Gasteiger partial charge in [0.25, 0.3) is 5.56 Å². The quantitative estimate of drug-likeness (QED) is 0.794. The van der Waals surface area contributed by atoms with Crippen LogP contribution < -0.4 is 15.6 Å². The average Bonchev–Trinajstić information content (AvgIpc) is 2.89. The molecule has 1 unspecified atom stereocenters. The van der Waals surface area contributed by atoms with E-state index in [4.69, 9.17) is 4.74 Å². The Hall–Kier alpha value is -2.48.